The Kier molecular flexibility index (Phi) is 3.49. The van der Waals surface area contributed by atoms with E-state index in [-0.39, 0.29) is 5.50 Å². The Morgan fingerprint density at radius 2 is 1.95 bits per heavy atom. The van der Waals surface area contributed by atoms with Crippen molar-refractivity contribution in [3.8, 4) is 0 Å². The number of hydrogen-bond donors (Lipinski definition) is 1. The largest absolute Gasteiger partial charge is 0.346 e. The Bertz CT molecular complexity index is 568. The van der Waals surface area contributed by atoms with E-state index in [9.17, 15) is 0 Å². The van der Waals surface area contributed by atoms with Gasteiger partial charge >= 0.3 is 0 Å². The molecule has 3 rings (SSSR count). The molecule has 2 nitrogen and oxygen atoms in total. The minimum Gasteiger partial charge on any atom is -0.346 e. The van der Waals surface area contributed by atoms with Crippen molar-refractivity contribution in [2.24, 2.45) is 5.73 Å². The molecule has 0 bridgehead atoms. The molecule has 0 radical (unpaired) electrons. The van der Waals surface area contributed by atoms with Crippen LogP contribution in [0.5, 0.6) is 0 Å². The summed E-state index contributed by atoms with van der Waals surface area (Å²) in [6.07, 6.45) is 1.03. The molecule has 1 aliphatic rings. The van der Waals surface area contributed by atoms with Gasteiger partial charge in [-0.15, -0.1) is 0 Å². The summed E-state index contributed by atoms with van der Waals surface area (Å²) in [6.45, 7) is 3.09. The summed E-state index contributed by atoms with van der Waals surface area (Å²) in [4.78, 5) is 3.60. The number of thioether (sulfide) groups is 1. The average molecular weight is 270 g/mol. The van der Waals surface area contributed by atoms with Crippen molar-refractivity contribution in [3.05, 3.63) is 59.7 Å². The molecule has 0 saturated carbocycles. The van der Waals surface area contributed by atoms with Crippen LogP contribution in [-0.2, 0) is 6.42 Å². The fourth-order valence-electron chi connectivity index (χ4n) is 2.43. The molecule has 0 spiro atoms. The van der Waals surface area contributed by atoms with Gasteiger partial charge in [0.2, 0.25) is 0 Å². The zero-order chi connectivity index (χ0) is 13.2. The van der Waals surface area contributed by atoms with Crippen LogP contribution < -0.4 is 10.6 Å². The zero-order valence-corrected chi connectivity index (χ0v) is 11.9. The summed E-state index contributed by atoms with van der Waals surface area (Å²) in [7, 11) is 0. The highest BCUT2D eigenvalue weighted by Gasteiger charge is 2.26. The van der Waals surface area contributed by atoms with Crippen LogP contribution in [0.15, 0.2) is 53.4 Å². The van der Waals surface area contributed by atoms with Crippen LogP contribution in [0, 0.1) is 6.92 Å². The first-order valence-electron chi connectivity index (χ1n) is 6.57. The molecule has 2 aromatic carbocycles. The van der Waals surface area contributed by atoms with Gasteiger partial charge in [0.25, 0.3) is 0 Å². The molecule has 2 N–H and O–H groups in total. The highest BCUT2D eigenvalue weighted by atomic mass is 32.2. The SMILES string of the molecule is Cc1ccc2c(c1)SC(N)N2CCc1ccccc1. The number of fused-ring (bicyclic) bond motifs is 1. The van der Waals surface area contributed by atoms with Crippen molar-refractivity contribution >= 4 is 17.4 Å². The van der Waals surface area contributed by atoms with Crippen LogP contribution >= 0.6 is 11.8 Å². The fraction of sp³-hybridized carbons (Fsp3) is 0.250. The number of benzene rings is 2. The van der Waals surface area contributed by atoms with E-state index in [0.29, 0.717) is 0 Å². The molecule has 0 aromatic heterocycles. The standard InChI is InChI=1S/C16H18N2S/c1-12-7-8-14-15(11-12)19-16(17)18(14)10-9-13-5-3-2-4-6-13/h2-8,11,16H,9-10,17H2,1H3. The zero-order valence-electron chi connectivity index (χ0n) is 11.0. The van der Waals surface area contributed by atoms with E-state index < -0.39 is 0 Å². The van der Waals surface area contributed by atoms with Gasteiger partial charge in [0.1, 0.15) is 5.50 Å². The molecule has 1 unspecified atom stereocenters. The molecular formula is C16H18N2S. The third kappa shape index (κ3) is 2.62. The first-order valence-corrected chi connectivity index (χ1v) is 7.45. The van der Waals surface area contributed by atoms with E-state index >= 15 is 0 Å². The summed E-state index contributed by atoms with van der Waals surface area (Å²) in [5.41, 5.74) is 10.2. The third-order valence-electron chi connectivity index (χ3n) is 3.46. The Balaban J connectivity index is 1.75. The minimum atomic E-state index is 0.0421. The molecule has 0 amide bonds. The van der Waals surface area contributed by atoms with Crippen molar-refractivity contribution in [3.63, 3.8) is 0 Å². The van der Waals surface area contributed by atoms with E-state index in [2.05, 4.69) is 60.4 Å². The van der Waals surface area contributed by atoms with Gasteiger partial charge < -0.3 is 10.6 Å². The molecule has 1 aliphatic heterocycles. The van der Waals surface area contributed by atoms with E-state index in [1.54, 1.807) is 11.8 Å². The summed E-state index contributed by atoms with van der Waals surface area (Å²) in [5, 5.41) is 0. The first-order chi connectivity index (χ1) is 9.24. The first kappa shape index (κ1) is 12.6. The highest BCUT2D eigenvalue weighted by molar-refractivity contribution is 8.00. The molecule has 2 aromatic rings. The summed E-state index contributed by atoms with van der Waals surface area (Å²) in [6, 6.07) is 17.1. The van der Waals surface area contributed by atoms with E-state index in [4.69, 9.17) is 5.73 Å². The Morgan fingerprint density at radius 1 is 1.16 bits per heavy atom. The van der Waals surface area contributed by atoms with Crippen LogP contribution in [0.2, 0.25) is 0 Å². The monoisotopic (exact) mass is 270 g/mol. The predicted molar refractivity (Wildman–Crippen MR) is 82.5 cm³/mol. The van der Waals surface area contributed by atoms with Gasteiger partial charge in [0.15, 0.2) is 0 Å². The quantitative estimate of drug-likeness (QED) is 0.927. The van der Waals surface area contributed by atoms with Gasteiger partial charge in [-0.1, -0.05) is 48.2 Å². The normalized spacial score (nSPS) is 17.6. The molecule has 1 atom stereocenters. The second kappa shape index (κ2) is 5.27. The van der Waals surface area contributed by atoms with Crippen LogP contribution in [0.25, 0.3) is 0 Å². The lowest BCUT2D eigenvalue weighted by molar-refractivity contribution is 0.765. The third-order valence-corrected chi connectivity index (χ3v) is 4.54. The van der Waals surface area contributed by atoms with Crippen molar-refractivity contribution in [2.75, 3.05) is 11.4 Å². The van der Waals surface area contributed by atoms with Crippen LogP contribution in [0.4, 0.5) is 5.69 Å². The van der Waals surface area contributed by atoms with Crippen LogP contribution in [0.3, 0.4) is 0 Å². The molecule has 1 heterocycles. The number of rotatable bonds is 3. The molecule has 98 valence electrons. The molecule has 0 saturated heterocycles. The Hall–Kier alpha value is -1.45. The van der Waals surface area contributed by atoms with Gasteiger partial charge in [-0.2, -0.15) is 0 Å². The lowest BCUT2D eigenvalue weighted by atomic mass is 10.1. The maximum absolute atomic E-state index is 6.23. The van der Waals surface area contributed by atoms with Gasteiger partial charge in [-0.3, -0.25) is 0 Å². The summed E-state index contributed by atoms with van der Waals surface area (Å²) in [5.74, 6) is 0. The molecular weight excluding hydrogens is 252 g/mol. The number of hydrogen-bond acceptors (Lipinski definition) is 3. The van der Waals surface area contributed by atoms with Gasteiger partial charge in [-0.05, 0) is 36.6 Å². The Morgan fingerprint density at radius 3 is 2.74 bits per heavy atom. The van der Waals surface area contributed by atoms with Crippen LogP contribution in [0.1, 0.15) is 11.1 Å². The average Bonchev–Trinajstić information content (AvgIpc) is 2.72. The highest BCUT2D eigenvalue weighted by Crippen LogP contribution is 2.41. The van der Waals surface area contributed by atoms with E-state index in [1.165, 1.54) is 21.7 Å². The number of aryl methyl sites for hydroxylation is 1. The number of nitrogens with zero attached hydrogens (tertiary/aromatic N) is 1. The number of nitrogens with two attached hydrogens (primary N) is 1. The lowest BCUT2D eigenvalue weighted by Gasteiger charge is -2.23. The van der Waals surface area contributed by atoms with Crippen LogP contribution in [-0.4, -0.2) is 12.0 Å². The number of anilines is 1. The second-order valence-corrected chi connectivity index (χ2v) is 6.07. The summed E-state index contributed by atoms with van der Waals surface area (Å²) < 4.78 is 0. The van der Waals surface area contributed by atoms with E-state index in [1.807, 2.05) is 0 Å². The van der Waals surface area contributed by atoms with Gasteiger partial charge in [0, 0.05) is 11.4 Å². The topological polar surface area (TPSA) is 29.3 Å². The minimum absolute atomic E-state index is 0.0421. The van der Waals surface area contributed by atoms with E-state index in [0.717, 1.165) is 13.0 Å². The molecule has 19 heavy (non-hydrogen) atoms. The molecule has 0 aliphatic carbocycles. The van der Waals surface area contributed by atoms with Crippen molar-refractivity contribution in [2.45, 2.75) is 23.7 Å². The predicted octanol–water partition coefficient (Wildman–Crippen LogP) is 3.39. The van der Waals surface area contributed by atoms with Gasteiger partial charge in [0.05, 0.1) is 5.69 Å². The lowest BCUT2D eigenvalue weighted by Crippen LogP contribution is -2.37. The maximum Gasteiger partial charge on any atom is 0.130 e. The second-order valence-electron chi connectivity index (χ2n) is 4.91. The van der Waals surface area contributed by atoms with Gasteiger partial charge in [-0.25, -0.2) is 0 Å². The molecule has 3 heteroatoms. The van der Waals surface area contributed by atoms with Crippen molar-refractivity contribution in [1.29, 1.82) is 0 Å². The summed E-state index contributed by atoms with van der Waals surface area (Å²) >= 11 is 1.75. The smallest absolute Gasteiger partial charge is 0.130 e. The van der Waals surface area contributed by atoms with Crippen molar-refractivity contribution in [1.82, 2.24) is 0 Å². The van der Waals surface area contributed by atoms with Crippen molar-refractivity contribution < 1.29 is 0 Å². The molecule has 0 fully saturated rings. The Labute approximate surface area is 118 Å². The fourth-order valence-corrected chi connectivity index (χ4v) is 3.59. The maximum atomic E-state index is 6.23.